The first-order valence-electron chi connectivity index (χ1n) is 5.62. The van der Waals surface area contributed by atoms with Crippen LogP contribution >= 0.6 is 0 Å². The quantitative estimate of drug-likeness (QED) is 0.603. The molecular weight excluding hydrogens is 158 g/mol. The van der Waals surface area contributed by atoms with Crippen LogP contribution in [0, 0.1) is 5.92 Å². The number of hydrogen-bond acceptors (Lipinski definition) is 1. The maximum atomic E-state index is 2.71. The Labute approximate surface area is 83.5 Å². The summed E-state index contributed by atoms with van der Waals surface area (Å²) in [5.74, 6) is 0.796. The lowest BCUT2D eigenvalue weighted by Gasteiger charge is -2.41. The Morgan fingerprint density at radius 1 is 1.15 bits per heavy atom. The number of hydrogen-bond donors (Lipinski definition) is 0. The van der Waals surface area contributed by atoms with E-state index in [9.17, 15) is 0 Å². The Hall–Kier alpha value is -0.0400. The monoisotopic (exact) mass is 183 g/mol. The molecule has 1 saturated heterocycles. The van der Waals surface area contributed by atoms with Crippen LogP contribution < -0.4 is 0 Å². The Morgan fingerprint density at radius 3 is 2.00 bits per heavy atom. The molecule has 0 aliphatic carbocycles. The van der Waals surface area contributed by atoms with Gasteiger partial charge in [-0.05, 0) is 46.5 Å². The minimum Gasteiger partial charge on any atom is -0.293 e. The van der Waals surface area contributed by atoms with E-state index in [0.29, 0.717) is 5.54 Å². The van der Waals surface area contributed by atoms with Crippen molar-refractivity contribution in [1.82, 2.24) is 4.90 Å². The van der Waals surface area contributed by atoms with Crippen molar-refractivity contribution in [2.24, 2.45) is 5.92 Å². The van der Waals surface area contributed by atoms with E-state index in [1.165, 1.54) is 12.8 Å². The van der Waals surface area contributed by atoms with Crippen molar-refractivity contribution in [2.75, 3.05) is 0 Å². The molecule has 0 aromatic rings. The molecule has 1 heteroatoms. The van der Waals surface area contributed by atoms with Gasteiger partial charge in [0.1, 0.15) is 0 Å². The Balaban J connectivity index is 2.77. The Morgan fingerprint density at radius 2 is 1.69 bits per heavy atom. The first kappa shape index (κ1) is 11.0. The van der Waals surface area contributed by atoms with Gasteiger partial charge in [0.15, 0.2) is 0 Å². The molecule has 1 fully saturated rings. The van der Waals surface area contributed by atoms with Gasteiger partial charge in [0.25, 0.3) is 0 Å². The van der Waals surface area contributed by atoms with E-state index in [4.69, 9.17) is 0 Å². The zero-order valence-corrected chi connectivity index (χ0v) is 10.1. The predicted octanol–water partition coefficient (Wildman–Crippen LogP) is 3.29. The molecule has 0 N–H and O–H groups in total. The molecule has 0 amide bonds. The van der Waals surface area contributed by atoms with Crippen LogP contribution in [0.2, 0.25) is 0 Å². The van der Waals surface area contributed by atoms with Crippen molar-refractivity contribution >= 4 is 0 Å². The molecule has 1 heterocycles. The van der Waals surface area contributed by atoms with Gasteiger partial charge in [0.05, 0.1) is 0 Å². The second-order valence-corrected chi connectivity index (χ2v) is 5.82. The van der Waals surface area contributed by atoms with Gasteiger partial charge in [0.2, 0.25) is 0 Å². The molecule has 0 saturated carbocycles. The van der Waals surface area contributed by atoms with Crippen LogP contribution in [0.4, 0.5) is 0 Å². The van der Waals surface area contributed by atoms with Crippen molar-refractivity contribution in [2.45, 2.75) is 72.0 Å². The van der Waals surface area contributed by atoms with Gasteiger partial charge in [-0.1, -0.05) is 13.8 Å². The van der Waals surface area contributed by atoms with E-state index >= 15 is 0 Å². The fourth-order valence-corrected chi connectivity index (χ4v) is 2.83. The Bertz CT molecular complexity index is 166. The molecule has 1 aliphatic rings. The van der Waals surface area contributed by atoms with Gasteiger partial charge in [-0.2, -0.15) is 0 Å². The topological polar surface area (TPSA) is 3.24 Å². The fraction of sp³-hybridized carbons (Fsp3) is 1.00. The Kier molecular flexibility index (Phi) is 3.06. The molecule has 1 aliphatic heterocycles. The summed E-state index contributed by atoms with van der Waals surface area (Å²) in [6.07, 6.45) is 2.76. The van der Waals surface area contributed by atoms with Gasteiger partial charge < -0.3 is 0 Å². The zero-order chi connectivity index (χ0) is 10.2. The molecule has 0 spiro atoms. The average Bonchev–Trinajstić information content (AvgIpc) is 2.28. The third kappa shape index (κ3) is 2.25. The molecule has 13 heavy (non-hydrogen) atoms. The van der Waals surface area contributed by atoms with E-state index in [1.807, 2.05) is 0 Å². The molecule has 0 radical (unpaired) electrons. The molecule has 0 aromatic heterocycles. The summed E-state index contributed by atoms with van der Waals surface area (Å²) >= 11 is 0. The van der Waals surface area contributed by atoms with Gasteiger partial charge in [-0.25, -0.2) is 0 Å². The van der Waals surface area contributed by atoms with Gasteiger partial charge >= 0.3 is 0 Å². The summed E-state index contributed by atoms with van der Waals surface area (Å²) in [6.45, 7) is 14.1. The standard InChI is InChI=1S/C12H25N/c1-9(2)11-8-7-10(3)13(11)12(4,5)6/h9-11H,7-8H2,1-6H3. The fourth-order valence-electron chi connectivity index (χ4n) is 2.83. The predicted molar refractivity (Wildman–Crippen MR) is 58.9 cm³/mol. The molecule has 1 nitrogen and oxygen atoms in total. The van der Waals surface area contributed by atoms with E-state index in [1.54, 1.807) is 0 Å². The van der Waals surface area contributed by atoms with Gasteiger partial charge in [0, 0.05) is 17.6 Å². The third-order valence-electron chi connectivity index (χ3n) is 3.26. The van der Waals surface area contributed by atoms with E-state index < -0.39 is 0 Å². The summed E-state index contributed by atoms with van der Waals surface area (Å²) in [5.41, 5.74) is 0.338. The van der Waals surface area contributed by atoms with E-state index in [2.05, 4.69) is 46.4 Å². The van der Waals surface area contributed by atoms with Crippen molar-refractivity contribution in [3.05, 3.63) is 0 Å². The maximum absolute atomic E-state index is 2.71. The molecule has 0 aromatic carbocycles. The van der Waals surface area contributed by atoms with Crippen molar-refractivity contribution in [1.29, 1.82) is 0 Å². The smallest absolute Gasteiger partial charge is 0.0130 e. The summed E-state index contributed by atoms with van der Waals surface area (Å²) in [4.78, 5) is 2.71. The molecule has 78 valence electrons. The largest absolute Gasteiger partial charge is 0.293 e. The first-order chi connectivity index (χ1) is 5.84. The highest BCUT2D eigenvalue weighted by Crippen LogP contribution is 2.34. The summed E-state index contributed by atoms with van der Waals surface area (Å²) in [7, 11) is 0. The van der Waals surface area contributed by atoms with Crippen LogP contribution in [0.15, 0.2) is 0 Å². The van der Waals surface area contributed by atoms with Crippen LogP contribution in [0.1, 0.15) is 54.4 Å². The highest BCUT2D eigenvalue weighted by Gasteiger charge is 2.38. The second kappa shape index (κ2) is 3.61. The maximum Gasteiger partial charge on any atom is 0.0130 e. The lowest BCUT2D eigenvalue weighted by atomic mass is 9.97. The lowest BCUT2D eigenvalue weighted by Crippen LogP contribution is -2.49. The van der Waals surface area contributed by atoms with Crippen molar-refractivity contribution in [3.63, 3.8) is 0 Å². The van der Waals surface area contributed by atoms with E-state index in [-0.39, 0.29) is 0 Å². The summed E-state index contributed by atoms with van der Waals surface area (Å²) in [6, 6.07) is 1.57. The van der Waals surface area contributed by atoms with Gasteiger partial charge in [-0.15, -0.1) is 0 Å². The van der Waals surface area contributed by atoms with Crippen LogP contribution in [0.3, 0.4) is 0 Å². The molecular formula is C12H25N. The van der Waals surface area contributed by atoms with Crippen LogP contribution in [0.25, 0.3) is 0 Å². The number of likely N-dealkylation sites (tertiary alicyclic amines) is 1. The second-order valence-electron chi connectivity index (χ2n) is 5.82. The minimum absolute atomic E-state index is 0.338. The van der Waals surface area contributed by atoms with Gasteiger partial charge in [-0.3, -0.25) is 4.90 Å². The molecule has 2 atom stereocenters. The molecule has 2 unspecified atom stereocenters. The third-order valence-corrected chi connectivity index (χ3v) is 3.26. The number of nitrogens with zero attached hydrogens (tertiary/aromatic N) is 1. The van der Waals surface area contributed by atoms with Crippen LogP contribution in [-0.4, -0.2) is 22.5 Å². The summed E-state index contributed by atoms with van der Waals surface area (Å²) in [5, 5.41) is 0. The van der Waals surface area contributed by atoms with Crippen LogP contribution in [0.5, 0.6) is 0 Å². The van der Waals surface area contributed by atoms with Crippen LogP contribution in [-0.2, 0) is 0 Å². The zero-order valence-electron chi connectivity index (χ0n) is 10.1. The first-order valence-corrected chi connectivity index (χ1v) is 5.62. The minimum atomic E-state index is 0.338. The lowest BCUT2D eigenvalue weighted by molar-refractivity contribution is 0.0622. The summed E-state index contributed by atoms with van der Waals surface area (Å²) < 4.78 is 0. The van der Waals surface area contributed by atoms with E-state index in [0.717, 1.165) is 18.0 Å². The number of rotatable bonds is 1. The normalized spacial score (nSPS) is 31.6. The average molecular weight is 183 g/mol. The van der Waals surface area contributed by atoms with Crippen molar-refractivity contribution < 1.29 is 0 Å². The molecule has 1 rings (SSSR count). The highest BCUT2D eigenvalue weighted by atomic mass is 15.3. The SMILES string of the molecule is CC(C)C1CCC(C)N1C(C)(C)C. The molecule has 0 bridgehead atoms. The highest BCUT2D eigenvalue weighted by molar-refractivity contribution is 4.93. The van der Waals surface area contributed by atoms with Crippen molar-refractivity contribution in [3.8, 4) is 0 Å².